The highest BCUT2D eigenvalue weighted by Gasteiger charge is 2.05. The van der Waals surface area contributed by atoms with Gasteiger partial charge >= 0.3 is 5.97 Å². The van der Waals surface area contributed by atoms with Crippen molar-refractivity contribution in [3.8, 4) is 0 Å². The third-order valence-electron chi connectivity index (χ3n) is 1.85. The van der Waals surface area contributed by atoms with Crippen molar-refractivity contribution >= 4 is 5.97 Å². The summed E-state index contributed by atoms with van der Waals surface area (Å²) in [5.41, 5.74) is 0.479. The summed E-state index contributed by atoms with van der Waals surface area (Å²) in [5, 5.41) is 8.51. The van der Waals surface area contributed by atoms with Crippen LogP contribution in [0.1, 0.15) is 29.8 Å². The van der Waals surface area contributed by atoms with Crippen LogP contribution in [-0.2, 0) is 4.74 Å². The maximum atomic E-state index is 11.2. The van der Waals surface area contributed by atoms with E-state index in [-0.39, 0.29) is 12.6 Å². The van der Waals surface area contributed by atoms with Gasteiger partial charge in [-0.2, -0.15) is 0 Å². The molecule has 0 radical (unpaired) electrons. The molecule has 0 saturated heterocycles. The van der Waals surface area contributed by atoms with E-state index in [4.69, 9.17) is 9.84 Å². The molecule has 1 aromatic rings. The molecule has 1 aromatic heterocycles. The Balaban J connectivity index is 2.10. The van der Waals surface area contributed by atoms with Gasteiger partial charge in [0.25, 0.3) is 0 Å². The van der Waals surface area contributed by atoms with Crippen molar-refractivity contribution in [2.24, 2.45) is 0 Å². The zero-order valence-corrected chi connectivity index (χ0v) is 8.03. The Labute approximate surface area is 82.9 Å². The molecule has 78 valence electrons. The maximum absolute atomic E-state index is 11.2. The van der Waals surface area contributed by atoms with E-state index >= 15 is 0 Å². The number of aromatic nitrogens is 1. The minimum atomic E-state index is -0.320. The molecule has 0 fully saturated rings. The number of nitrogens with one attached hydrogen (secondary N) is 1. The van der Waals surface area contributed by atoms with Gasteiger partial charge in [0.1, 0.15) is 5.69 Å². The van der Waals surface area contributed by atoms with Crippen LogP contribution in [0.15, 0.2) is 18.3 Å². The minimum Gasteiger partial charge on any atom is -0.461 e. The summed E-state index contributed by atoms with van der Waals surface area (Å²) in [5.74, 6) is -0.320. The van der Waals surface area contributed by atoms with E-state index in [2.05, 4.69) is 4.98 Å². The number of rotatable bonds is 6. The monoisotopic (exact) mass is 197 g/mol. The van der Waals surface area contributed by atoms with E-state index in [1.165, 1.54) is 0 Å². The summed E-state index contributed by atoms with van der Waals surface area (Å²) >= 11 is 0. The van der Waals surface area contributed by atoms with Crippen molar-refractivity contribution in [1.82, 2.24) is 4.98 Å². The Morgan fingerprint density at radius 1 is 1.43 bits per heavy atom. The second-order valence-electron chi connectivity index (χ2n) is 3.00. The Bertz CT molecular complexity index is 256. The first-order valence-corrected chi connectivity index (χ1v) is 4.76. The summed E-state index contributed by atoms with van der Waals surface area (Å²) in [6.07, 6.45) is 4.13. The smallest absolute Gasteiger partial charge is 0.354 e. The van der Waals surface area contributed by atoms with Crippen LogP contribution in [0.2, 0.25) is 0 Å². The largest absolute Gasteiger partial charge is 0.461 e. The minimum absolute atomic E-state index is 0.199. The lowest BCUT2D eigenvalue weighted by molar-refractivity contribution is 0.0490. The lowest BCUT2D eigenvalue weighted by Gasteiger charge is -2.02. The zero-order chi connectivity index (χ0) is 10.2. The van der Waals surface area contributed by atoms with Crippen molar-refractivity contribution in [3.63, 3.8) is 0 Å². The number of carbonyl (C=O) groups excluding carboxylic acids is 1. The van der Waals surface area contributed by atoms with Gasteiger partial charge in [0.15, 0.2) is 0 Å². The molecular formula is C10H15NO3. The lowest BCUT2D eigenvalue weighted by atomic mass is 10.2. The molecular weight excluding hydrogens is 182 g/mol. The second kappa shape index (κ2) is 6.21. The lowest BCUT2D eigenvalue weighted by Crippen LogP contribution is -2.06. The number of hydrogen-bond acceptors (Lipinski definition) is 3. The van der Waals surface area contributed by atoms with Crippen molar-refractivity contribution in [2.75, 3.05) is 13.2 Å². The van der Waals surface area contributed by atoms with E-state index < -0.39 is 0 Å². The van der Waals surface area contributed by atoms with Crippen molar-refractivity contribution in [2.45, 2.75) is 19.3 Å². The average Bonchev–Trinajstić information content (AvgIpc) is 2.70. The number of carbonyl (C=O) groups is 1. The van der Waals surface area contributed by atoms with Crippen molar-refractivity contribution in [3.05, 3.63) is 24.0 Å². The van der Waals surface area contributed by atoms with Crippen LogP contribution in [0.25, 0.3) is 0 Å². The quantitative estimate of drug-likeness (QED) is 0.534. The molecule has 0 aromatic carbocycles. The van der Waals surface area contributed by atoms with Gasteiger partial charge in [-0.1, -0.05) is 0 Å². The number of aliphatic hydroxyl groups excluding tert-OH is 1. The van der Waals surface area contributed by atoms with E-state index in [9.17, 15) is 4.79 Å². The van der Waals surface area contributed by atoms with E-state index in [0.29, 0.717) is 12.3 Å². The molecule has 2 N–H and O–H groups in total. The molecule has 0 atom stereocenters. The molecule has 0 unspecified atom stereocenters. The number of esters is 1. The predicted molar refractivity (Wildman–Crippen MR) is 52.0 cm³/mol. The SMILES string of the molecule is O=C(OCCCCCO)c1ccc[nH]1. The molecule has 1 rings (SSSR count). The van der Waals surface area contributed by atoms with E-state index in [1.807, 2.05) is 0 Å². The topological polar surface area (TPSA) is 62.3 Å². The summed E-state index contributed by atoms with van der Waals surface area (Å²) in [6.45, 7) is 0.614. The summed E-state index contributed by atoms with van der Waals surface area (Å²) in [7, 11) is 0. The normalized spacial score (nSPS) is 10.1. The predicted octanol–water partition coefficient (Wildman–Crippen LogP) is 1.33. The number of H-pyrrole nitrogens is 1. The molecule has 0 aliphatic rings. The van der Waals surface area contributed by atoms with Gasteiger partial charge in [-0.3, -0.25) is 0 Å². The van der Waals surface area contributed by atoms with Gasteiger partial charge in [-0.15, -0.1) is 0 Å². The van der Waals surface area contributed by atoms with Crippen LogP contribution in [-0.4, -0.2) is 29.3 Å². The summed E-state index contributed by atoms with van der Waals surface area (Å²) in [6, 6.07) is 3.43. The number of aliphatic hydroxyl groups is 1. The van der Waals surface area contributed by atoms with Crippen molar-refractivity contribution in [1.29, 1.82) is 0 Å². The number of unbranched alkanes of at least 4 members (excludes halogenated alkanes) is 2. The molecule has 0 spiro atoms. The van der Waals surface area contributed by atoms with Crippen molar-refractivity contribution < 1.29 is 14.6 Å². The van der Waals surface area contributed by atoms with Gasteiger partial charge < -0.3 is 14.8 Å². The highest BCUT2D eigenvalue weighted by Crippen LogP contribution is 2.00. The Hall–Kier alpha value is -1.29. The standard InChI is InChI=1S/C10H15NO3/c12-7-2-1-3-8-14-10(13)9-5-4-6-11-9/h4-6,11-12H,1-3,7-8H2. The highest BCUT2D eigenvalue weighted by molar-refractivity contribution is 5.87. The van der Waals surface area contributed by atoms with Crippen LogP contribution < -0.4 is 0 Å². The average molecular weight is 197 g/mol. The Morgan fingerprint density at radius 2 is 2.29 bits per heavy atom. The molecule has 14 heavy (non-hydrogen) atoms. The molecule has 4 nitrogen and oxygen atoms in total. The fourth-order valence-electron chi connectivity index (χ4n) is 1.09. The van der Waals surface area contributed by atoms with Gasteiger partial charge in [0.2, 0.25) is 0 Å². The van der Waals surface area contributed by atoms with Crippen LogP contribution in [0.4, 0.5) is 0 Å². The Kier molecular flexibility index (Phi) is 4.78. The summed E-state index contributed by atoms with van der Waals surface area (Å²) in [4.78, 5) is 14.0. The molecule has 0 saturated carbocycles. The number of hydrogen-bond donors (Lipinski definition) is 2. The van der Waals surface area contributed by atoms with Crippen LogP contribution in [0.5, 0.6) is 0 Å². The van der Waals surface area contributed by atoms with Crippen LogP contribution in [0, 0.1) is 0 Å². The third-order valence-corrected chi connectivity index (χ3v) is 1.85. The fraction of sp³-hybridized carbons (Fsp3) is 0.500. The second-order valence-corrected chi connectivity index (χ2v) is 3.00. The van der Waals surface area contributed by atoms with Crippen LogP contribution >= 0.6 is 0 Å². The maximum Gasteiger partial charge on any atom is 0.354 e. The molecule has 4 heteroatoms. The molecule has 0 amide bonds. The zero-order valence-electron chi connectivity index (χ0n) is 8.03. The molecule has 0 aliphatic carbocycles. The third kappa shape index (κ3) is 3.62. The first kappa shape index (κ1) is 10.8. The van der Waals surface area contributed by atoms with Gasteiger partial charge in [-0.25, -0.2) is 4.79 Å². The molecule has 0 bridgehead atoms. The first-order chi connectivity index (χ1) is 6.84. The highest BCUT2D eigenvalue weighted by atomic mass is 16.5. The fourth-order valence-corrected chi connectivity index (χ4v) is 1.09. The first-order valence-electron chi connectivity index (χ1n) is 4.76. The molecule has 0 aliphatic heterocycles. The van der Waals surface area contributed by atoms with Gasteiger partial charge in [0, 0.05) is 12.8 Å². The Morgan fingerprint density at radius 3 is 2.93 bits per heavy atom. The van der Waals surface area contributed by atoms with E-state index in [0.717, 1.165) is 19.3 Å². The summed E-state index contributed by atoms with van der Waals surface area (Å²) < 4.78 is 4.98. The van der Waals surface area contributed by atoms with Crippen LogP contribution in [0.3, 0.4) is 0 Å². The van der Waals surface area contributed by atoms with Gasteiger partial charge in [0.05, 0.1) is 6.61 Å². The van der Waals surface area contributed by atoms with E-state index in [1.54, 1.807) is 18.3 Å². The number of ether oxygens (including phenoxy) is 1. The van der Waals surface area contributed by atoms with Gasteiger partial charge in [-0.05, 0) is 31.4 Å². The molecule has 1 heterocycles. The number of aromatic amines is 1.